The fraction of sp³-hybridized carbons (Fsp3) is 0.250. The minimum Gasteiger partial charge on any atom is -0.493 e. The molecule has 0 radical (unpaired) electrons. The Morgan fingerprint density at radius 1 is 1.14 bits per heavy atom. The van der Waals surface area contributed by atoms with Crippen molar-refractivity contribution in [2.45, 2.75) is 11.3 Å². The third kappa shape index (κ3) is 3.13. The summed E-state index contributed by atoms with van der Waals surface area (Å²) in [6, 6.07) is 13.0. The first-order valence-corrected chi connectivity index (χ1v) is 8.49. The number of rotatable bonds is 4. The van der Waals surface area contributed by atoms with E-state index in [2.05, 4.69) is 4.72 Å². The number of hydrogen-bond donors (Lipinski definition) is 1. The van der Waals surface area contributed by atoms with E-state index in [1.165, 1.54) is 18.2 Å². The first kappa shape index (κ1) is 15.0. The molecule has 1 atom stereocenters. The van der Waals surface area contributed by atoms with Crippen LogP contribution in [0.15, 0.2) is 53.4 Å². The monoisotopic (exact) mass is 321 g/mol. The molecule has 1 aliphatic heterocycles. The Balaban J connectivity index is 1.67. The van der Waals surface area contributed by atoms with Crippen LogP contribution in [0.1, 0.15) is 5.56 Å². The lowest BCUT2D eigenvalue weighted by molar-refractivity contribution is 0.223. The van der Waals surface area contributed by atoms with Gasteiger partial charge in [-0.2, -0.15) is 0 Å². The minimum absolute atomic E-state index is 0.0245. The molecule has 116 valence electrons. The van der Waals surface area contributed by atoms with E-state index in [0.29, 0.717) is 6.61 Å². The zero-order chi connectivity index (χ0) is 15.6. The lowest BCUT2D eigenvalue weighted by Crippen LogP contribution is -2.35. The zero-order valence-corrected chi connectivity index (χ0v) is 12.6. The van der Waals surface area contributed by atoms with Crippen molar-refractivity contribution in [2.75, 3.05) is 13.2 Å². The van der Waals surface area contributed by atoms with Crippen molar-refractivity contribution in [2.24, 2.45) is 5.92 Å². The summed E-state index contributed by atoms with van der Waals surface area (Å²) >= 11 is 0. The second kappa shape index (κ2) is 6.06. The van der Waals surface area contributed by atoms with Crippen LogP contribution in [0.25, 0.3) is 0 Å². The van der Waals surface area contributed by atoms with Gasteiger partial charge in [0.2, 0.25) is 10.0 Å². The Morgan fingerprint density at radius 3 is 2.68 bits per heavy atom. The van der Waals surface area contributed by atoms with Gasteiger partial charge < -0.3 is 4.74 Å². The van der Waals surface area contributed by atoms with E-state index < -0.39 is 15.8 Å². The molecule has 0 saturated carbocycles. The molecule has 6 heteroatoms. The predicted octanol–water partition coefficient (Wildman–Crippen LogP) is 2.36. The van der Waals surface area contributed by atoms with E-state index in [1.807, 2.05) is 24.3 Å². The van der Waals surface area contributed by atoms with Crippen LogP contribution >= 0.6 is 0 Å². The van der Waals surface area contributed by atoms with Crippen LogP contribution in [0.3, 0.4) is 0 Å². The Hall–Kier alpha value is -1.92. The maximum atomic E-state index is 13.6. The normalized spacial score (nSPS) is 17.6. The first-order valence-electron chi connectivity index (χ1n) is 7.01. The molecule has 2 aromatic carbocycles. The van der Waals surface area contributed by atoms with Crippen molar-refractivity contribution in [1.29, 1.82) is 0 Å². The third-order valence-corrected chi connectivity index (χ3v) is 5.10. The average Bonchev–Trinajstić information content (AvgIpc) is 2.53. The van der Waals surface area contributed by atoms with E-state index in [-0.39, 0.29) is 17.4 Å². The highest BCUT2D eigenvalue weighted by Crippen LogP contribution is 2.26. The number of hydrogen-bond acceptors (Lipinski definition) is 3. The Morgan fingerprint density at radius 2 is 1.86 bits per heavy atom. The molecule has 1 heterocycles. The van der Waals surface area contributed by atoms with Crippen LogP contribution in [0.4, 0.5) is 4.39 Å². The second-order valence-electron chi connectivity index (χ2n) is 5.27. The third-order valence-electron chi connectivity index (χ3n) is 3.64. The Labute approximate surface area is 129 Å². The van der Waals surface area contributed by atoms with E-state index in [4.69, 9.17) is 4.74 Å². The fourth-order valence-corrected chi connectivity index (χ4v) is 3.68. The molecular weight excluding hydrogens is 305 g/mol. The summed E-state index contributed by atoms with van der Waals surface area (Å²) in [7, 11) is -3.85. The summed E-state index contributed by atoms with van der Waals surface area (Å²) in [5.41, 5.74) is 1.06. The van der Waals surface area contributed by atoms with Crippen molar-refractivity contribution < 1.29 is 17.5 Å². The molecule has 22 heavy (non-hydrogen) atoms. The van der Waals surface area contributed by atoms with Crippen molar-refractivity contribution >= 4 is 10.0 Å². The van der Waals surface area contributed by atoms with Gasteiger partial charge in [-0.15, -0.1) is 0 Å². The average molecular weight is 321 g/mol. The molecular formula is C16H16FNO3S. The molecule has 1 unspecified atom stereocenters. The molecule has 0 spiro atoms. The van der Waals surface area contributed by atoms with Crippen LogP contribution in [-0.4, -0.2) is 21.6 Å². The summed E-state index contributed by atoms with van der Waals surface area (Å²) < 4.78 is 46.0. The minimum atomic E-state index is -3.85. The molecule has 0 fully saturated rings. The van der Waals surface area contributed by atoms with Gasteiger partial charge >= 0.3 is 0 Å². The van der Waals surface area contributed by atoms with E-state index in [1.54, 1.807) is 0 Å². The zero-order valence-electron chi connectivity index (χ0n) is 11.8. The lowest BCUT2D eigenvalue weighted by atomic mass is 9.97. The Bertz CT molecular complexity index is 776. The molecule has 0 bridgehead atoms. The molecule has 1 N–H and O–H groups in total. The summed E-state index contributed by atoms with van der Waals surface area (Å²) in [6.07, 6.45) is 0.732. The lowest BCUT2D eigenvalue weighted by Gasteiger charge is -2.25. The maximum absolute atomic E-state index is 13.6. The number of ether oxygens (including phenoxy) is 1. The van der Waals surface area contributed by atoms with Crippen LogP contribution < -0.4 is 9.46 Å². The van der Waals surface area contributed by atoms with Gasteiger partial charge in [-0.05, 0) is 30.2 Å². The number of benzene rings is 2. The topological polar surface area (TPSA) is 55.4 Å². The molecule has 2 aromatic rings. The van der Waals surface area contributed by atoms with Gasteiger partial charge in [-0.1, -0.05) is 30.3 Å². The van der Waals surface area contributed by atoms with E-state index in [0.717, 1.165) is 23.8 Å². The summed E-state index contributed by atoms with van der Waals surface area (Å²) in [6.45, 7) is 0.655. The van der Waals surface area contributed by atoms with Gasteiger partial charge in [0.1, 0.15) is 16.5 Å². The summed E-state index contributed by atoms with van der Waals surface area (Å²) in [5, 5.41) is 0. The largest absolute Gasteiger partial charge is 0.493 e. The van der Waals surface area contributed by atoms with Gasteiger partial charge in [0, 0.05) is 12.5 Å². The summed E-state index contributed by atoms with van der Waals surface area (Å²) in [5.74, 6) is 0.118. The van der Waals surface area contributed by atoms with Gasteiger partial charge in [0.25, 0.3) is 0 Å². The highest BCUT2D eigenvalue weighted by Gasteiger charge is 2.23. The SMILES string of the molecule is O=S(=O)(NCC1COc2ccccc2C1)c1ccccc1F. The van der Waals surface area contributed by atoms with Gasteiger partial charge in [0.05, 0.1) is 6.61 Å². The summed E-state index contributed by atoms with van der Waals surface area (Å²) in [4.78, 5) is -0.327. The maximum Gasteiger partial charge on any atom is 0.243 e. The van der Waals surface area contributed by atoms with Crippen molar-refractivity contribution in [3.8, 4) is 5.75 Å². The fourth-order valence-electron chi connectivity index (χ4n) is 2.49. The highest BCUT2D eigenvalue weighted by molar-refractivity contribution is 7.89. The first-order chi connectivity index (χ1) is 10.6. The Kier molecular flexibility index (Phi) is 4.13. The number of sulfonamides is 1. The van der Waals surface area contributed by atoms with Crippen LogP contribution in [0, 0.1) is 11.7 Å². The van der Waals surface area contributed by atoms with Crippen LogP contribution in [-0.2, 0) is 16.4 Å². The van der Waals surface area contributed by atoms with Crippen LogP contribution in [0.2, 0.25) is 0 Å². The number of nitrogens with one attached hydrogen (secondary N) is 1. The molecule has 0 aromatic heterocycles. The number of halogens is 1. The highest BCUT2D eigenvalue weighted by atomic mass is 32.2. The molecule has 3 rings (SSSR count). The van der Waals surface area contributed by atoms with E-state index >= 15 is 0 Å². The van der Waals surface area contributed by atoms with Gasteiger partial charge in [-0.3, -0.25) is 0 Å². The van der Waals surface area contributed by atoms with Crippen molar-refractivity contribution in [3.63, 3.8) is 0 Å². The molecule has 4 nitrogen and oxygen atoms in total. The second-order valence-corrected chi connectivity index (χ2v) is 7.01. The molecule has 0 aliphatic carbocycles. The molecule has 0 saturated heterocycles. The number of para-hydroxylation sites is 1. The number of fused-ring (bicyclic) bond motifs is 1. The predicted molar refractivity (Wildman–Crippen MR) is 80.7 cm³/mol. The smallest absolute Gasteiger partial charge is 0.243 e. The molecule has 0 amide bonds. The molecule has 1 aliphatic rings. The van der Waals surface area contributed by atoms with Gasteiger partial charge in [-0.25, -0.2) is 17.5 Å². The standard InChI is InChI=1S/C16H16FNO3S/c17-14-6-2-4-8-16(14)22(19,20)18-10-12-9-13-5-1-3-7-15(13)21-11-12/h1-8,12,18H,9-11H2. The van der Waals surface area contributed by atoms with E-state index in [9.17, 15) is 12.8 Å². The van der Waals surface area contributed by atoms with Crippen LogP contribution in [0.5, 0.6) is 5.75 Å². The quantitative estimate of drug-likeness (QED) is 0.940. The van der Waals surface area contributed by atoms with Crippen molar-refractivity contribution in [1.82, 2.24) is 4.72 Å². The van der Waals surface area contributed by atoms with Crippen molar-refractivity contribution in [3.05, 3.63) is 59.9 Å². The van der Waals surface area contributed by atoms with Gasteiger partial charge in [0.15, 0.2) is 0 Å².